The predicted molar refractivity (Wildman–Crippen MR) is 41.2 cm³/mol. The molecular weight excluding hydrogens is 165 g/mol. The molecule has 3 heteroatoms. The third-order valence-electron chi connectivity index (χ3n) is 2.42. The lowest BCUT2D eigenvalue weighted by molar-refractivity contribution is -0.169. The van der Waals surface area contributed by atoms with E-state index in [2.05, 4.69) is 6.92 Å². The van der Waals surface area contributed by atoms with Crippen molar-refractivity contribution in [1.82, 2.24) is 0 Å². The maximum absolute atomic E-state index is 12.3. The Morgan fingerprint density at radius 1 is 1.25 bits per heavy atom. The van der Waals surface area contributed by atoms with Crippen molar-refractivity contribution in [2.24, 2.45) is 5.92 Å². The second-order valence-electron chi connectivity index (χ2n) is 3.25. The van der Waals surface area contributed by atoms with Crippen LogP contribution in [0, 0.1) is 18.8 Å². The van der Waals surface area contributed by atoms with Crippen molar-refractivity contribution in [1.29, 1.82) is 0 Å². The third kappa shape index (κ3) is 2.14. The van der Waals surface area contributed by atoms with E-state index >= 15 is 0 Å². The summed E-state index contributed by atoms with van der Waals surface area (Å²) in [4.78, 5) is 0. The molecule has 1 saturated carbocycles. The minimum Gasteiger partial charge on any atom is -0.171 e. The molecular formula is C9H13F3. The molecule has 1 atom stereocenters. The molecule has 70 valence electrons. The third-order valence-corrected chi connectivity index (χ3v) is 2.42. The number of alkyl halides is 3. The van der Waals surface area contributed by atoms with Crippen molar-refractivity contribution < 1.29 is 13.2 Å². The van der Waals surface area contributed by atoms with Gasteiger partial charge in [-0.3, -0.25) is 0 Å². The van der Waals surface area contributed by atoms with E-state index in [1.807, 2.05) is 0 Å². The van der Waals surface area contributed by atoms with E-state index < -0.39 is 12.1 Å². The smallest absolute Gasteiger partial charge is 0.171 e. The van der Waals surface area contributed by atoms with Gasteiger partial charge in [-0.15, -0.1) is 0 Å². The van der Waals surface area contributed by atoms with Crippen molar-refractivity contribution >= 4 is 0 Å². The van der Waals surface area contributed by atoms with Gasteiger partial charge < -0.3 is 0 Å². The first-order valence-electron chi connectivity index (χ1n) is 4.26. The van der Waals surface area contributed by atoms with Crippen LogP contribution in [0.1, 0.15) is 32.1 Å². The summed E-state index contributed by atoms with van der Waals surface area (Å²) in [5.41, 5.74) is 0. The largest absolute Gasteiger partial charge is 0.392 e. The van der Waals surface area contributed by atoms with Gasteiger partial charge in [-0.05, 0) is 25.2 Å². The molecule has 1 rings (SSSR count). The van der Waals surface area contributed by atoms with Crippen molar-refractivity contribution in [2.75, 3.05) is 0 Å². The van der Waals surface area contributed by atoms with Crippen LogP contribution < -0.4 is 0 Å². The molecule has 0 aromatic carbocycles. The van der Waals surface area contributed by atoms with Gasteiger partial charge in [-0.25, -0.2) is 0 Å². The fourth-order valence-corrected chi connectivity index (χ4v) is 1.78. The number of halogens is 3. The van der Waals surface area contributed by atoms with E-state index in [9.17, 15) is 13.2 Å². The van der Waals surface area contributed by atoms with Gasteiger partial charge in [-0.1, -0.05) is 19.8 Å². The minimum atomic E-state index is -4.07. The summed E-state index contributed by atoms with van der Waals surface area (Å²) in [6.45, 7) is 3.36. The van der Waals surface area contributed by atoms with E-state index in [0.717, 1.165) is 12.8 Å². The highest BCUT2D eigenvalue weighted by Crippen LogP contribution is 2.43. The topological polar surface area (TPSA) is 0 Å². The second kappa shape index (κ2) is 3.67. The van der Waals surface area contributed by atoms with E-state index in [1.54, 1.807) is 0 Å². The van der Waals surface area contributed by atoms with E-state index in [1.165, 1.54) is 0 Å². The van der Waals surface area contributed by atoms with Gasteiger partial charge in [0.1, 0.15) is 0 Å². The van der Waals surface area contributed by atoms with Gasteiger partial charge in [0.15, 0.2) is 0 Å². The standard InChI is InChI=1S/C9H13F3/c1-2-8(9(10,11)12)7-5-3-4-6-7/h8H,1-6H2. The summed E-state index contributed by atoms with van der Waals surface area (Å²) in [7, 11) is 0. The van der Waals surface area contributed by atoms with Gasteiger partial charge >= 0.3 is 6.18 Å². The normalized spacial score (nSPS) is 23.0. The summed E-state index contributed by atoms with van der Waals surface area (Å²) in [6, 6.07) is 0. The van der Waals surface area contributed by atoms with Gasteiger partial charge in [-0.2, -0.15) is 13.2 Å². The molecule has 0 aliphatic heterocycles. The Balaban J connectivity index is 2.54. The number of hydrogen-bond acceptors (Lipinski definition) is 0. The zero-order chi connectivity index (χ0) is 9.19. The van der Waals surface area contributed by atoms with Crippen LogP contribution in [-0.4, -0.2) is 6.18 Å². The minimum absolute atomic E-state index is 0.0428. The molecule has 0 nitrogen and oxygen atoms in total. The van der Waals surface area contributed by atoms with Crippen LogP contribution in [-0.2, 0) is 0 Å². The summed E-state index contributed by atoms with van der Waals surface area (Å²) >= 11 is 0. The molecule has 0 heterocycles. The van der Waals surface area contributed by atoms with Crippen LogP contribution in [0.25, 0.3) is 0 Å². The average Bonchev–Trinajstić information content (AvgIpc) is 2.38. The summed E-state index contributed by atoms with van der Waals surface area (Å²) < 4.78 is 36.9. The molecule has 1 fully saturated rings. The fraction of sp³-hybridized carbons (Fsp3) is 0.778. The van der Waals surface area contributed by atoms with Crippen LogP contribution in [0.5, 0.6) is 0 Å². The lowest BCUT2D eigenvalue weighted by Crippen LogP contribution is -2.27. The second-order valence-corrected chi connectivity index (χ2v) is 3.25. The molecule has 1 unspecified atom stereocenters. The van der Waals surface area contributed by atoms with Crippen molar-refractivity contribution in [3.05, 3.63) is 12.8 Å². The first-order valence-corrected chi connectivity index (χ1v) is 4.26. The summed E-state index contributed by atoms with van der Waals surface area (Å²) in [5.74, 6) is -0.572. The van der Waals surface area contributed by atoms with Gasteiger partial charge in [0.2, 0.25) is 0 Å². The number of hydrogen-bond donors (Lipinski definition) is 0. The molecule has 1 aliphatic carbocycles. The van der Waals surface area contributed by atoms with Crippen molar-refractivity contribution in [3.8, 4) is 0 Å². The average molecular weight is 178 g/mol. The van der Waals surface area contributed by atoms with E-state index in [-0.39, 0.29) is 6.42 Å². The van der Waals surface area contributed by atoms with E-state index in [4.69, 9.17) is 0 Å². The molecule has 0 bridgehead atoms. The molecule has 0 amide bonds. The molecule has 1 aliphatic rings. The molecule has 2 radical (unpaired) electrons. The molecule has 0 aromatic heterocycles. The first-order chi connectivity index (χ1) is 5.55. The Kier molecular flexibility index (Phi) is 3.02. The van der Waals surface area contributed by atoms with Gasteiger partial charge in [0.25, 0.3) is 0 Å². The highest BCUT2D eigenvalue weighted by molar-refractivity contribution is 5.03. The van der Waals surface area contributed by atoms with Crippen LogP contribution in [0.3, 0.4) is 0 Å². The maximum atomic E-state index is 12.3. The summed E-state index contributed by atoms with van der Waals surface area (Å²) in [5, 5.41) is 0. The lowest BCUT2D eigenvalue weighted by Gasteiger charge is -2.23. The highest BCUT2D eigenvalue weighted by Gasteiger charge is 2.43. The Morgan fingerprint density at radius 3 is 2.08 bits per heavy atom. The van der Waals surface area contributed by atoms with Crippen LogP contribution in [0.2, 0.25) is 0 Å². The van der Waals surface area contributed by atoms with Crippen LogP contribution >= 0.6 is 0 Å². The maximum Gasteiger partial charge on any atom is 0.392 e. The lowest BCUT2D eigenvalue weighted by atomic mass is 9.88. The molecule has 12 heavy (non-hydrogen) atoms. The Bertz CT molecular complexity index is 133. The Morgan fingerprint density at radius 2 is 1.75 bits per heavy atom. The zero-order valence-electron chi connectivity index (χ0n) is 6.95. The molecule has 0 aromatic rings. The van der Waals surface area contributed by atoms with E-state index in [0.29, 0.717) is 18.8 Å². The van der Waals surface area contributed by atoms with Gasteiger partial charge in [0, 0.05) is 0 Å². The SMILES string of the molecule is [CH2]CC([C]1CCCC1)C(F)(F)F. The van der Waals surface area contributed by atoms with Crippen molar-refractivity contribution in [2.45, 2.75) is 38.3 Å². The Hall–Kier alpha value is -0.210. The molecule has 0 saturated heterocycles. The van der Waals surface area contributed by atoms with Crippen LogP contribution in [0.4, 0.5) is 13.2 Å². The van der Waals surface area contributed by atoms with Crippen LogP contribution in [0.15, 0.2) is 0 Å². The predicted octanol–water partition coefficient (Wildman–Crippen LogP) is 3.54. The zero-order valence-corrected chi connectivity index (χ0v) is 6.95. The number of rotatable bonds is 2. The fourth-order valence-electron chi connectivity index (χ4n) is 1.78. The summed E-state index contributed by atoms with van der Waals surface area (Å²) in [6.07, 6.45) is -0.969. The highest BCUT2D eigenvalue weighted by atomic mass is 19.4. The van der Waals surface area contributed by atoms with Crippen molar-refractivity contribution in [3.63, 3.8) is 0 Å². The molecule has 0 N–H and O–H groups in total. The van der Waals surface area contributed by atoms with Gasteiger partial charge in [0.05, 0.1) is 5.92 Å². The molecule has 0 spiro atoms. The first kappa shape index (κ1) is 9.87. The Labute approximate surface area is 71.1 Å². The quantitative estimate of drug-likeness (QED) is 0.606. The monoisotopic (exact) mass is 178 g/mol.